The highest BCUT2D eigenvalue weighted by Crippen LogP contribution is 2.20. The van der Waals surface area contributed by atoms with Crippen molar-refractivity contribution in [2.45, 2.75) is 5.33 Å². The zero-order valence-electron chi connectivity index (χ0n) is 6.88. The normalized spacial score (nSPS) is 9.77. The Morgan fingerprint density at radius 2 is 2.46 bits per heavy atom. The van der Waals surface area contributed by atoms with Crippen LogP contribution in [0, 0.1) is 0 Å². The highest BCUT2D eigenvalue weighted by molar-refractivity contribution is 9.08. The second-order valence-electron chi connectivity index (χ2n) is 2.24. The van der Waals surface area contributed by atoms with Gasteiger partial charge in [-0.05, 0) is 6.07 Å². The summed E-state index contributed by atoms with van der Waals surface area (Å²) in [4.78, 5) is 15.2. The first-order valence-electron chi connectivity index (χ1n) is 3.48. The van der Waals surface area contributed by atoms with E-state index in [1.807, 2.05) is 0 Å². The van der Waals surface area contributed by atoms with Crippen LogP contribution in [0.2, 0.25) is 5.02 Å². The van der Waals surface area contributed by atoms with Crippen LogP contribution in [0.25, 0.3) is 0 Å². The van der Waals surface area contributed by atoms with E-state index in [4.69, 9.17) is 11.6 Å². The van der Waals surface area contributed by atoms with E-state index in [0.29, 0.717) is 21.6 Å². The van der Waals surface area contributed by atoms with Gasteiger partial charge in [0.25, 0.3) is 0 Å². The fourth-order valence-electron chi connectivity index (χ4n) is 0.897. The van der Waals surface area contributed by atoms with Crippen LogP contribution < -0.4 is 0 Å². The topological polar surface area (TPSA) is 39.2 Å². The Kier molecular flexibility index (Phi) is 3.69. The molecule has 1 aromatic heterocycles. The van der Waals surface area contributed by atoms with Gasteiger partial charge < -0.3 is 4.74 Å². The summed E-state index contributed by atoms with van der Waals surface area (Å²) in [7, 11) is 1.31. The number of rotatable bonds is 2. The van der Waals surface area contributed by atoms with Gasteiger partial charge in [0.05, 0.1) is 17.8 Å². The van der Waals surface area contributed by atoms with Gasteiger partial charge >= 0.3 is 5.97 Å². The highest BCUT2D eigenvalue weighted by atomic mass is 79.9. The molecule has 0 saturated carbocycles. The molecule has 0 amide bonds. The van der Waals surface area contributed by atoms with Crippen LogP contribution in [0.1, 0.15) is 16.1 Å². The number of ether oxygens (including phenoxy) is 1. The summed E-state index contributed by atoms with van der Waals surface area (Å²) in [6.07, 6.45) is 1.55. The largest absolute Gasteiger partial charge is 0.465 e. The first-order valence-corrected chi connectivity index (χ1v) is 4.98. The van der Waals surface area contributed by atoms with Crippen molar-refractivity contribution in [3.63, 3.8) is 0 Å². The number of pyridine rings is 1. The third-order valence-corrected chi connectivity index (χ3v) is 2.34. The van der Waals surface area contributed by atoms with Crippen molar-refractivity contribution >= 4 is 33.5 Å². The summed E-state index contributed by atoms with van der Waals surface area (Å²) in [5.41, 5.74) is 0.905. The maximum atomic E-state index is 11.2. The lowest BCUT2D eigenvalue weighted by atomic mass is 10.2. The highest BCUT2D eigenvalue weighted by Gasteiger charge is 2.15. The van der Waals surface area contributed by atoms with Gasteiger partial charge in [0.15, 0.2) is 0 Å². The van der Waals surface area contributed by atoms with Crippen molar-refractivity contribution in [2.75, 3.05) is 7.11 Å². The Bertz CT molecular complexity index is 330. The van der Waals surface area contributed by atoms with Crippen LogP contribution >= 0.6 is 27.5 Å². The molecule has 3 nitrogen and oxygen atoms in total. The molecule has 0 aliphatic carbocycles. The molecule has 5 heteroatoms. The van der Waals surface area contributed by atoms with Crippen molar-refractivity contribution in [1.29, 1.82) is 0 Å². The Balaban J connectivity index is 3.22. The number of hydrogen-bond donors (Lipinski definition) is 0. The van der Waals surface area contributed by atoms with E-state index in [0.717, 1.165) is 0 Å². The molecule has 70 valence electrons. The minimum Gasteiger partial charge on any atom is -0.465 e. The van der Waals surface area contributed by atoms with Crippen LogP contribution in [0.3, 0.4) is 0 Å². The van der Waals surface area contributed by atoms with E-state index in [-0.39, 0.29) is 0 Å². The number of aromatic nitrogens is 1. The number of carbonyl (C=O) groups is 1. The fourth-order valence-corrected chi connectivity index (χ4v) is 1.56. The van der Waals surface area contributed by atoms with Crippen molar-refractivity contribution in [3.05, 3.63) is 28.5 Å². The van der Waals surface area contributed by atoms with Gasteiger partial charge in [0.1, 0.15) is 5.56 Å². The van der Waals surface area contributed by atoms with Crippen molar-refractivity contribution in [2.24, 2.45) is 0 Å². The standard InChI is InChI=1S/C8H7BrClNO2/c1-13-8(12)7-5(10)2-3-11-6(7)4-9/h2-3H,4H2,1H3. The monoisotopic (exact) mass is 263 g/mol. The molecule has 0 bridgehead atoms. The minimum absolute atomic E-state index is 0.323. The number of esters is 1. The van der Waals surface area contributed by atoms with Gasteiger partial charge in [-0.25, -0.2) is 4.79 Å². The predicted molar refractivity (Wildman–Crippen MR) is 53.2 cm³/mol. The van der Waals surface area contributed by atoms with E-state index in [1.54, 1.807) is 12.3 Å². The minimum atomic E-state index is -0.465. The van der Waals surface area contributed by atoms with Crippen LogP contribution in [0.15, 0.2) is 12.3 Å². The molecule has 0 aliphatic heterocycles. The van der Waals surface area contributed by atoms with Crippen molar-refractivity contribution in [1.82, 2.24) is 4.98 Å². The molecule has 0 N–H and O–H groups in total. The number of halogens is 2. The molecule has 0 aliphatic rings. The summed E-state index contributed by atoms with van der Waals surface area (Å²) >= 11 is 9.03. The molecule has 0 fully saturated rings. The predicted octanol–water partition coefficient (Wildman–Crippen LogP) is 2.42. The van der Waals surface area contributed by atoms with Gasteiger partial charge in [-0.3, -0.25) is 4.98 Å². The molecule has 13 heavy (non-hydrogen) atoms. The lowest BCUT2D eigenvalue weighted by molar-refractivity contribution is 0.0599. The molecule has 0 spiro atoms. The average molecular weight is 265 g/mol. The Labute approximate surface area is 89.2 Å². The van der Waals surface area contributed by atoms with Gasteiger partial charge in [0, 0.05) is 11.5 Å². The van der Waals surface area contributed by atoms with Crippen LogP contribution in [0.5, 0.6) is 0 Å². The number of methoxy groups -OCH3 is 1. The first kappa shape index (κ1) is 10.5. The average Bonchev–Trinajstić information content (AvgIpc) is 2.16. The number of alkyl halides is 1. The van der Waals surface area contributed by atoms with Gasteiger partial charge in [0.2, 0.25) is 0 Å². The molecule has 1 heterocycles. The molecule has 0 radical (unpaired) electrons. The van der Waals surface area contributed by atoms with Crippen LogP contribution in [-0.4, -0.2) is 18.1 Å². The Morgan fingerprint density at radius 1 is 1.77 bits per heavy atom. The maximum absolute atomic E-state index is 11.2. The van der Waals surface area contributed by atoms with E-state index >= 15 is 0 Å². The molecule has 0 saturated heterocycles. The second-order valence-corrected chi connectivity index (χ2v) is 3.21. The summed E-state index contributed by atoms with van der Waals surface area (Å²) < 4.78 is 4.58. The molecular weight excluding hydrogens is 257 g/mol. The molecular formula is C8H7BrClNO2. The third kappa shape index (κ3) is 2.19. The SMILES string of the molecule is COC(=O)c1c(Cl)ccnc1CBr. The summed E-state index contributed by atoms with van der Waals surface area (Å²) in [5, 5.41) is 0.828. The maximum Gasteiger partial charge on any atom is 0.341 e. The third-order valence-electron chi connectivity index (χ3n) is 1.49. The van der Waals surface area contributed by atoms with E-state index in [2.05, 4.69) is 25.7 Å². The zero-order chi connectivity index (χ0) is 9.84. The van der Waals surface area contributed by atoms with Crippen molar-refractivity contribution < 1.29 is 9.53 Å². The molecule has 0 atom stereocenters. The van der Waals surface area contributed by atoms with Crippen LogP contribution in [0.4, 0.5) is 0 Å². The van der Waals surface area contributed by atoms with Gasteiger partial charge in [-0.2, -0.15) is 0 Å². The zero-order valence-corrected chi connectivity index (χ0v) is 9.22. The fraction of sp³-hybridized carbons (Fsp3) is 0.250. The van der Waals surface area contributed by atoms with E-state index in [9.17, 15) is 4.79 Å². The number of hydrogen-bond acceptors (Lipinski definition) is 3. The Hall–Kier alpha value is -0.610. The smallest absolute Gasteiger partial charge is 0.341 e. The summed E-state index contributed by atoms with van der Waals surface area (Å²) in [6, 6.07) is 1.56. The Morgan fingerprint density at radius 3 is 3.00 bits per heavy atom. The lowest BCUT2D eigenvalue weighted by Crippen LogP contribution is -2.07. The summed E-state index contributed by atoms with van der Waals surface area (Å²) in [5.74, 6) is -0.465. The van der Waals surface area contributed by atoms with E-state index in [1.165, 1.54) is 7.11 Å². The second kappa shape index (κ2) is 4.58. The molecule has 0 aromatic carbocycles. The van der Waals surface area contributed by atoms with Crippen molar-refractivity contribution in [3.8, 4) is 0 Å². The van der Waals surface area contributed by atoms with Crippen LogP contribution in [-0.2, 0) is 10.1 Å². The lowest BCUT2D eigenvalue weighted by Gasteiger charge is -2.05. The molecule has 1 aromatic rings. The van der Waals surface area contributed by atoms with E-state index < -0.39 is 5.97 Å². The first-order chi connectivity index (χ1) is 6.20. The quantitative estimate of drug-likeness (QED) is 0.608. The van der Waals surface area contributed by atoms with Gasteiger partial charge in [-0.15, -0.1) is 0 Å². The molecule has 0 unspecified atom stereocenters. The molecule has 1 rings (SSSR count). The number of carbonyl (C=O) groups excluding carboxylic acids is 1. The van der Waals surface area contributed by atoms with Gasteiger partial charge in [-0.1, -0.05) is 27.5 Å². The number of nitrogens with zero attached hydrogens (tertiary/aromatic N) is 1. The summed E-state index contributed by atoms with van der Waals surface area (Å²) in [6.45, 7) is 0.